The lowest BCUT2D eigenvalue weighted by molar-refractivity contribution is 0.266. The molecule has 0 spiro atoms. The van der Waals surface area contributed by atoms with Crippen LogP contribution < -0.4 is 5.73 Å². The lowest BCUT2D eigenvalue weighted by Gasteiger charge is -2.20. The normalized spacial score (nSPS) is 17.1. The second kappa shape index (κ2) is 18.7. The third-order valence-electron chi connectivity index (χ3n) is 6.30. The van der Waals surface area contributed by atoms with Crippen LogP contribution in [0.4, 0.5) is 0 Å². The molecule has 1 aromatic carbocycles. The minimum absolute atomic E-state index is 0.536. The van der Waals surface area contributed by atoms with E-state index in [0.29, 0.717) is 18.1 Å². The third kappa shape index (κ3) is 18.4. The molecule has 2 saturated carbocycles. The molecule has 181 valence electrons. The van der Waals surface area contributed by atoms with Gasteiger partial charge in [0.15, 0.2) is 0 Å². The van der Waals surface area contributed by atoms with Gasteiger partial charge < -0.3 is 10.6 Å². The number of nitrogens with zero attached hydrogens (tertiary/aromatic N) is 2. The van der Waals surface area contributed by atoms with E-state index in [1.165, 1.54) is 63.4 Å². The van der Waals surface area contributed by atoms with Gasteiger partial charge in [0.2, 0.25) is 0 Å². The third-order valence-corrected chi connectivity index (χ3v) is 6.30. The van der Waals surface area contributed by atoms with Crippen LogP contribution in [0.1, 0.15) is 98.0 Å². The topological polar surface area (TPSA) is 32.5 Å². The number of hydrogen-bond acceptors (Lipinski definition) is 3. The quantitative estimate of drug-likeness (QED) is 0.560. The standard InChI is InChI=1S/C11H17N.C6H13N.C6H11.C5H13N/c1-10(2)12(3)9-11-7-5-4-6-8-11;7-6-4-2-1-3-5-6;1-6-4-2-3-5-6;1-5(2)6(3)4/h4-8,10H,9H2,1-3H3;6H,1-5,7H2;2-5H2,1H3;5H,1-4H3. The zero-order chi connectivity index (χ0) is 23.6. The van der Waals surface area contributed by atoms with Gasteiger partial charge in [0, 0.05) is 24.7 Å². The van der Waals surface area contributed by atoms with E-state index in [2.05, 4.69) is 95.9 Å². The van der Waals surface area contributed by atoms with Crippen molar-refractivity contribution >= 4 is 0 Å². The second-order valence-electron chi connectivity index (χ2n) is 10.1. The Hall–Kier alpha value is -0.900. The fraction of sp³-hybridized carbons (Fsp3) is 0.750. The molecular weight excluding hydrogens is 378 g/mol. The molecule has 1 aromatic rings. The first-order valence-corrected chi connectivity index (χ1v) is 12.6. The van der Waals surface area contributed by atoms with Crippen molar-refractivity contribution in [1.82, 2.24) is 9.80 Å². The first kappa shape index (κ1) is 30.1. The summed E-state index contributed by atoms with van der Waals surface area (Å²) in [4.78, 5) is 4.50. The van der Waals surface area contributed by atoms with Crippen LogP contribution in [0.5, 0.6) is 0 Å². The summed E-state index contributed by atoms with van der Waals surface area (Å²) >= 11 is 0. The van der Waals surface area contributed by atoms with E-state index >= 15 is 0 Å². The average Bonchev–Trinajstić information content (AvgIpc) is 3.21. The van der Waals surface area contributed by atoms with Crippen LogP contribution in [-0.4, -0.2) is 49.1 Å². The van der Waals surface area contributed by atoms with E-state index in [-0.39, 0.29) is 0 Å². The maximum Gasteiger partial charge on any atom is 0.0233 e. The van der Waals surface area contributed by atoms with Crippen LogP contribution in [0.3, 0.4) is 0 Å². The molecule has 0 saturated heterocycles. The Kier molecular flexibility index (Phi) is 18.1. The molecule has 2 aliphatic carbocycles. The maximum atomic E-state index is 5.63. The summed E-state index contributed by atoms with van der Waals surface area (Å²) in [6.45, 7) is 12.1. The van der Waals surface area contributed by atoms with Crippen LogP contribution in [0.25, 0.3) is 0 Å². The summed E-state index contributed by atoms with van der Waals surface area (Å²) in [7, 11) is 6.30. The van der Waals surface area contributed by atoms with Crippen molar-refractivity contribution in [3.05, 3.63) is 41.8 Å². The van der Waals surface area contributed by atoms with Crippen LogP contribution in [0.15, 0.2) is 30.3 Å². The van der Waals surface area contributed by atoms with Crippen molar-refractivity contribution in [2.24, 2.45) is 5.73 Å². The second-order valence-corrected chi connectivity index (χ2v) is 10.1. The molecule has 0 unspecified atom stereocenters. The zero-order valence-electron chi connectivity index (χ0n) is 22.2. The van der Waals surface area contributed by atoms with Gasteiger partial charge in [0.25, 0.3) is 0 Å². The highest BCUT2D eigenvalue weighted by Gasteiger charge is 2.08. The van der Waals surface area contributed by atoms with Crippen molar-refractivity contribution in [1.29, 1.82) is 0 Å². The van der Waals surface area contributed by atoms with Gasteiger partial charge in [-0.2, -0.15) is 0 Å². The summed E-state index contributed by atoms with van der Waals surface area (Å²) in [5.41, 5.74) is 7.02. The predicted octanol–water partition coefficient (Wildman–Crippen LogP) is 6.92. The zero-order valence-corrected chi connectivity index (χ0v) is 22.2. The molecule has 2 N–H and O–H groups in total. The Morgan fingerprint density at radius 1 is 0.806 bits per heavy atom. The number of hydrogen-bond donors (Lipinski definition) is 1. The molecule has 0 bridgehead atoms. The molecule has 3 heteroatoms. The minimum Gasteiger partial charge on any atom is -0.328 e. The summed E-state index contributed by atoms with van der Waals surface area (Å²) in [5, 5.41) is 0. The molecule has 31 heavy (non-hydrogen) atoms. The molecule has 0 aromatic heterocycles. The van der Waals surface area contributed by atoms with Gasteiger partial charge in [-0.05, 0) is 86.0 Å². The monoisotopic (exact) mass is 432 g/mol. The summed E-state index contributed by atoms with van der Waals surface area (Å²) in [5.74, 6) is 1.70. The Morgan fingerprint density at radius 2 is 1.29 bits per heavy atom. The highest BCUT2D eigenvalue weighted by atomic mass is 15.1. The van der Waals surface area contributed by atoms with Gasteiger partial charge >= 0.3 is 0 Å². The summed E-state index contributed by atoms with van der Waals surface area (Å²) < 4.78 is 0. The van der Waals surface area contributed by atoms with Gasteiger partial charge in [-0.3, -0.25) is 4.90 Å². The minimum atomic E-state index is 0.536. The van der Waals surface area contributed by atoms with E-state index in [4.69, 9.17) is 5.73 Å². The molecule has 2 aliphatic rings. The van der Waals surface area contributed by atoms with Crippen molar-refractivity contribution in [2.75, 3.05) is 21.1 Å². The largest absolute Gasteiger partial charge is 0.328 e. The van der Waals surface area contributed by atoms with Gasteiger partial charge in [-0.1, -0.05) is 69.4 Å². The SMILES string of the molecule is CC(C)N(C)C.CC(C)N(C)Cc1ccccc1.C[C]1CCCC1.NC1CCCCC1. The molecule has 2 fully saturated rings. The van der Waals surface area contributed by atoms with E-state index < -0.39 is 0 Å². The van der Waals surface area contributed by atoms with Gasteiger partial charge in [0.1, 0.15) is 0 Å². The van der Waals surface area contributed by atoms with E-state index in [9.17, 15) is 0 Å². The number of nitrogens with two attached hydrogens (primary N) is 1. The van der Waals surface area contributed by atoms with Crippen LogP contribution in [-0.2, 0) is 6.54 Å². The number of benzene rings is 1. The van der Waals surface area contributed by atoms with E-state index in [0.717, 1.165) is 6.54 Å². The van der Waals surface area contributed by atoms with E-state index in [1.54, 1.807) is 5.92 Å². The molecule has 0 amide bonds. The Labute approximate surface area is 195 Å². The van der Waals surface area contributed by atoms with Crippen molar-refractivity contribution in [3.8, 4) is 0 Å². The first-order valence-electron chi connectivity index (χ1n) is 12.6. The molecule has 0 atom stereocenters. The molecule has 3 nitrogen and oxygen atoms in total. The Bertz CT molecular complexity index is 480. The summed E-state index contributed by atoms with van der Waals surface area (Å²) in [6.07, 6.45) is 12.4. The van der Waals surface area contributed by atoms with Crippen LogP contribution in [0.2, 0.25) is 0 Å². The molecule has 3 rings (SSSR count). The molecule has 1 radical (unpaired) electrons. The van der Waals surface area contributed by atoms with Crippen molar-refractivity contribution in [3.63, 3.8) is 0 Å². The van der Waals surface area contributed by atoms with Gasteiger partial charge in [-0.25, -0.2) is 0 Å². The van der Waals surface area contributed by atoms with E-state index in [1.807, 2.05) is 0 Å². The smallest absolute Gasteiger partial charge is 0.0233 e. The van der Waals surface area contributed by atoms with Crippen molar-refractivity contribution in [2.45, 2.75) is 117 Å². The Morgan fingerprint density at radius 3 is 1.58 bits per heavy atom. The molecular formula is C28H54N3. The van der Waals surface area contributed by atoms with Crippen LogP contribution >= 0.6 is 0 Å². The van der Waals surface area contributed by atoms with Crippen LogP contribution in [0, 0.1) is 5.92 Å². The fourth-order valence-corrected chi connectivity index (χ4v) is 3.17. The molecule has 0 heterocycles. The van der Waals surface area contributed by atoms with Crippen molar-refractivity contribution < 1.29 is 0 Å². The first-order chi connectivity index (χ1) is 14.6. The lowest BCUT2D eigenvalue weighted by atomic mass is 9.97. The predicted molar refractivity (Wildman–Crippen MR) is 140 cm³/mol. The Balaban J connectivity index is 0.000000409. The van der Waals surface area contributed by atoms with Gasteiger partial charge in [-0.15, -0.1) is 0 Å². The maximum absolute atomic E-state index is 5.63. The molecule has 0 aliphatic heterocycles. The number of rotatable bonds is 4. The average molecular weight is 433 g/mol. The highest BCUT2D eigenvalue weighted by Crippen LogP contribution is 2.25. The lowest BCUT2D eigenvalue weighted by Crippen LogP contribution is -2.25. The summed E-state index contributed by atoms with van der Waals surface area (Å²) in [6, 6.07) is 12.4. The highest BCUT2D eigenvalue weighted by molar-refractivity contribution is 5.14. The fourth-order valence-electron chi connectivity index (χ4n) is 3.17. The van der Waals surface area contributed by atoms with Gasteiger partial charge in [0.05, 0.1) is 0 Å².